The largest absolute Gasteiger partial charge is 0.377 e. The van der Waals surface area contributed by atoms with Gasteiger partial charge in [-0.05, 0) is 42.5 Å². The maximum atomic E-state index is 15.7. The molecule has 5 heterocycles. The molecule has 0 saturated heterocycles. The topological polar surface area (TPSA) is 52.5 Å². The molecule has 302 valence electrons. The number of H-pyrrole nitrogens is 1. The van der Waals surface area contributed by atoms with Crippen molar-refractivity contribution in [3.05, 3.63) is 181 Å². The fourth-order valence-electron chi connectivity index (χ4n) is 7.06. The average molecular weight is 839 g/mol. The van der Waals surface area contributed by atoms with Gasteiger partial charge >= 0.3 is 0 Å². The molecule has 4 nitrogen and oxygen atoms in total. The van der Waals surface area contributed by atoms with Crippen LogP contribution in [0.2, 0.25) is 0 Å². The second-order valence-electron chi connectivity index (χ2n) is 13.8. The Bertz CT molecular complexity index is 2800. The highest BCUT2D eigenvalue weighted by Crippen LogP contribution is 2.43. The van der Waals surface area contributed by atoms with Crippen LogP contribution in [-0.2, 0) is 0 Å². The van der Waals surface area contributed by atoms with Crippen LogP contribution in [0.1, 0.15) is 41.9 Å². The van der Waals surface area contributed by atoms with Gasteiger partial charge in [0.2, 0.25) is 17.5 Å². The zero-order valence-electron chi connectivity index (χ0n) is 29.3. The van der Waals surface area contributed by atoms with E-state index in [0.717, 1.165) is 36.4 Å². The molecule has 1 aromatic heterocycles. The minimum Gasteiger partial charge on any atom is -0.377 e. The summed E-state index contributed by atoms with van der Waals surface area (Å²) in [6.07, 6.45) is 6.53. The van der Waals surface area contributed by atoms with Gasteiger partial charge in [0, 0.05) is 44.9 Å². The van der Waals surface area contributed by atoms with Gasteiger partial charge in [0.05, 0.1) is 39.8 Å². The SMILES string of the molecule is CC1(C)C2=N/C(=C(/c3c(F)c(F)c(F)c(F)c3F)c3ccc([nH]3)/C(c3c(F)c(F)c(F)c(F)c3F)=C3/C=CC(=N3)/C(c3c(F)c(F)c(F)c(F)c3F)=C3/C=CC1N3)C=C2. The number of benzene rings is 3. The van der Waals surface area contributed by atoms with E-state index < -0.39 is 161 Å². The number of aromatic nitrogens is 1. The second-order valence-corrected chi connectivity index (χ2v) is 13.8. The first kappa shape index (κ1) is 39.3. The molecule has 8 rings (SSSR count). The molecule has 2 N–H and O–H groups in total. The normalized spacial score (nSPS) is 21.8. The summed E-state index contributed by atoms with van der Waals surface area (Å²) in [7, 11) is 0. The highest BCUT2D eigenvalue weighted by molar-refractivity contribution is 6.32. The van der Waals surface area contributed by atoms with Crippen molar-refractivity contribution in [1.82, 2.24) is 10.3 Å². The number of halogens is 15. The van der Waals surface area contributed by atoms with Crippen molar-refractivity contribution in [3.8, 4) is 0 Å². The van der Waals surface area contributed by atoms with Crippen LogP contribution in [0.5, 0.6) is 0 Å². The number of hydrogen-bond donors (Lipinski definition) is 2. The van der Waals surface area contributed by atoms with E-state index in [2.05, 4.69) is 20.3 Å². The number of rotatable bonds is 3. The molecule has 3 aromatic carbocycles. The van der Waals surface area contributed by atoms with Crippen molar-refractivity contribution in [3.63, 3.8) is 0 Å². The van der Waals surface area contributed by atoms with Gasteiger partial charge in [0.15, 0.2) is 69.8 Å². The minimum absolute atomic E-state index is 0.0244. The Labute approximate surface area is 320 Å². The van der Waals surface area contributed by atoms with Gasteiger partial charge < -0.3 is 10.3 Å². The molecule has 1 unspecified atom stereocenters. The molecule has 8 bridgehead atoms. The standard InChI is InChI=1S/C40H17F15N4/c1-40(2)17-9-7-15(58-17)20(23-27(43)33(49)38(54)34(50)28(23)44)13-5-3-11(56-13)19(22-25(41)31(47)37(53)32(48)26(22)42)12-4-6-14(57-12)21(16-8-10-18(40)59-16)24-29(45)35(51)39(55)36(52)30(24)46/h3-10,17,57-58H,1-2H3/b19-11+,20-15+,21-16+. The number of allylic oxidation sites excluding steroid dienone is 6. The third-order valence-electron chi connectivity index (χ3n) is 10.1. The van der Waals surface area contributed by atoms with Gasteiger partial charge in [-0.2, -0.15) is 0 Å². The third kappa shape index (κ3) is 5.64. The molecule has 0 radical (unpaired) electrons. The molecule has 0 aliphatic carbocycles. The van der Waals surface area contributed by atoms with Gasteiger partial charge in [0.25, 0.3) is 0 Å². The van der Waals surface area contributed by atoms with Gasteiger partial charge in [0.1, 0.15) is 0 Å². The Hall–Kier alpha value is -6.53. The van der Waals surface area contributed by atoms with Gasteiger partial charge in [-0.1, -0.05) is 19.9 Å². The van der Waals surface area contributed by atoms with Crippen LogP contribution < -0.4 is 5.32 Å². The molecule has 4 aromatic rings. The van der Waals surface area contributed by atoms with E-state index in [1.54, 1.807) is 0 Å². The Morgan fingerprint density at radius 2 is 0.814 bits per heavy atom. The fraction of sp³-hybridized carbons (Fsp3) is 0.100. The quantitative estimate of drug-likeness (QED) is 0.121. The van der Waals surface area contributed by atoms with E-state index in [1.165, 1.54) is 26.0 Å². The number of hydrogen-bond acceptors (Lipinski definition) is 3. The lowest BCUT2D eigenvalue weighted by molar-refractivity contribution is 0.376. The molecule has 0 fully saturated rings. The predicted molar refractivity (Wildman–Crippen MR) is 181 cm³/mol. The Morgan fingerprint density at radius 1 is 0.441 bits per heavy atom. The summed E-state index contributed by atoms with van der Waals surface area (Å²) in [6.45, 7) is 3.06. The molecule has 0 amide bonds. The number of nitrogens with zero attached hydrogens (tertiary/aromatic N) is 2. The number of fused-ring (bicyclic) bond motifs is 6. The first-order valence-corrected chi connectivity index (χ1v) is 16.7. The van der Waals surface area contributed by atoms with E-state index in [4.69, 9.17) is 0 Å². The summed E-state index contributed by atoms with van der Waals surface area (Å²) in [5.74, 6) is -36.4. The van der Waals surface area contributed by atoms with Gasteiger partial charge in [-0.15, -0.1) is 0 Å². The lowest BCUT2D eigenvalue weighted by atomic mass is 9.80. The molecule has 59 heavy (non-hydrogen) atoms. The molecule has 4 aliphatic rings. The van der Waals surface area contributed by atoms with Crippen LogP contribution in [0.3, 0.4) is 0 Å². The number of aromatic amines is 1. The van der Waals surface area contributed by atoms with Crippen molar-refractivity contribution >= 4 is 28.1 Å². The molecule has 0 saturated carbocycles. The van der Waals surface area contributed by atoms with Crippen LogP contribution in [-0.4, -0.2) is 22.4 Å². The predicted octanol–water partition coefficient (Wildman–Crippen LogP) is 10.6. The van der Waals surface area contributed by atoms with Crippen LogP contribution >= 0.6 is 0 Å². The molecule has 1 atom stereocenters. The average Bonchev–Trinajstić information content (AvgIpc) is 4.06. The van der Waals surface area contributed by atoms with Crippen LogP contribution in [0, 0.1) is 92.7 Å². The van der Waals surface area contributed by atoms with E-state index >= 15 is 26.3 Å². The molecular weight excluding hydrogens is 821 g/mol. The molecular formula is C40H17F15N4. The van der Waals surface area contributed by atoms with Gasteiger partial charge in [-0.3, -0.25) is 4.99 Å². The van der Waals surface area contributed by atoms with E-state index in [0.29, 0.717) is 0 Å². The first-order valence-electron chi connectivity index (χ1n) is 16.7. The summed E-state index contributed by atoms with van der Waals surface area (Å²) < 4.78 is 225. The Morgan fingerprint density at radius 3 is 1.25 bits per heavy atom. The van der Waals surface area contributed by atoms with Crippen LogP contribution in [0.25, 0.3) is 16.7 Å². The lowest BCUT2D eigenvalue weighted by Crippen LogP contribution is -2.42. The van der Waals surface area contributed by atoms with E-state index in [-0.39, 0.29) is 11.4 Å². The molecule has 0 spiro atoms. The summed E-state index contributed by atoms with van der Waals surface area (Å²) in [6, 6.07) is 0.694. The summed E-state index contributed by atoms with van der Waals surface area (Å²) >= 11 is 0. The molecule has 19 heteroatoms. The minimum atomic E-state index is -2.60. The van der Waals surface area contributed by atoms with Gasteiger partial charge in [-0.25, -0.2) is 70.8 Å². The highest BCUT2D eigenvalue weighted by Gasteiger charge is 2.40. The van der Waals surface area contributed by atoms with Crippen molar-refractivity contribution in [2.24, 2.45) is 15.4 Å². The first-order chi connectivity index (χ1) is 27.8. The third-order valence-corrected chi connectivity index (χ3v) is 10.1. The molecule has 4 aliphatic heterocycles. The number of aliphatic imine (C=N–C) groups is 2. The highest BCUT2D eigenvalue weighted by atomic mass is 19.2. The summed E-state index contributed by atoms with van der Waals surface area (Å²) in [5.41, 5.74) is -12.4. The summed E-state index contributed by atoms with van der Waals surface area (Å²) in [5, 5.41) is 2.86. The van der Waals surface area contributed by atoms with E-state index in [9.17, 15) is 39.5 Å². The summed E-state index contributed by atoms with van der Waals surface area (Å²) in [4.78, 5) is 10.9. The monoisotopic (exact) mass is 838 g/mol. The second kappa shape index (κ2) is 13.5. The Kier molecular flexibility index (Phi) is 9.01. The lowest BCUT2D eigenvalue weighted by Gasteiger charge is -2.31. The Balaban J connectivity index is 1.52. The van der Waals surface area contributed by atoms with Crippen molar-refractivity contribution in [2.45, 2.75) is 19.9 Å². The zero-order valence-corrected chi connectivity index (χ0v) is 29.3. The number of nitrogens with one attached hydrogen (secondary N) is 2. The smallest absolute Gasteiger partial charge is 0.200 e. The van der Waals surface area contributed by atoms with Crippen molar-refractivity contribution < 1.29 is 65.9 Å². The van der Waals surface area contributed by atoms with E-state index in [1.807, 2.05) is 0 Å². The van der Waals surface area contributed by atoms with Crippen LogP contribution in [0.4, 0.5) is 65.9 Å². The maximum absolute atomic E-state index is 15.7. The maximum Gasteiger partial charge on any atom is 0.200 e. The van der Waals surface area contributed by atoms with Crippen molar-refractivity contribution in [2.75, 3.05) is 0 Å². The van der Waals surface area contributed by atoms with Crippen molar-refractivity contribution in [1.29, 1.82) is 0 Å². The van der Waals surface area contributed by atoms with Crippen LogP contribution in [0.15, 0.2) is 75.7 Å². The zero-order chi connectivity index (χ0) is 42.7. The fourth-order valence-corrected chi connectivity index (χ4v) is 7.06.